The van der Waals surface area contributed by atoms with E-state index in [1.54, 1.807) is 7.05 Å². The summed E-state index contributed by atoms with van der Waals surface area (Å²) in [5.74, 6) is 0.196. The van der Waals surface area contributed by atoms with E-state index in [1.807, 2.05) is 0 Å². The molecule has 2 heterocycles. The minimum atomic E-state index is 0.110. The van der Waals surface area contributed by atoms with Gasteiger partial charge in [0.25, 0.3) is 5.88 Å². The third-order valence-corrected chi connectivity index (χ3v) is 1.86. The SMILES string of the molecule is Cn1cnc(Oc2nccnc2C(N)=S)n1. The first kappa shape index (κ1) is 10.4. The van der Waals surface area contributed by atoms with Gasteiger partial charge in [0.1, 0.15) is 11.3 Å². The van der Waals surface area contributed by atoms with Crippen molar-refractivity contribution in [1.29, 1.82) is 0 Å². The molecule has 0 saturated carbocycles. The molecule has 0 aliphatic heterocycles. The summed E-state index contributed by atoms with van der Waals surface area (Å²) >= 11 is 4.82. The van der Waals surface area contributed by atoms with Crippen molar-refractivity contribution in [2.75, 3.05) is 0 Å². The van der Waals surface area contributed by atoms with Crippen molar-refractivity contribution >= 4 is 17.2 Å². The molecule has 82 valence electrons. The zero-order valence-corrected chi connectivity index (χ0v) is 9.18. The Bertz CT molecular complexity index is 525. The third kappa shape index (κ3) is 2.11. The minimum absolute atomic E-state index is 0.110. The highest BCUT2D eigenvalue weighted by Crippen LogP contribution is 2.17. The summed E-state index contributed by atoms with van der Waals surface area (Å²) in [5, 5.41) is 3.94. The lowest BCUT2D eigenvalue weighted by Gasteiger charge is -2.03. The van der Waals surface area contributed by atoms with Crippen molar-refractivity contribution in [3.8, 4) is 11.9 Å². The summed E-state index contributed by atoms with van der Waals surface area (Å²) in [6, 6.07) is 0.167. The quantitative estimate of drug-likeness (QED) is 0.751. The molecule has 2 aromatic heterocycles. The Morgan fingerprint density at radius 3 is 2.75 bits per heavy atom. The first-order chi connectivity index (χ1) is 7.66. The topological polar surface area (TPSA) is 91.7 Å². The molecule has 0 atom stereocenters. The number of ether oxygens (including phenoxy) is 1. The Labute approximate surface area is 96.3 Å². The number of thiocarbonyl (C=S) groups is 1. The third-order valence-electron chi connectivity index (χ3n) is 1.66. The monoisotopic (exact) mass is 236 g/mol. The molecule has 0 bridgehead atoms. The molecule has 0 saturated heterocycles. The maximum Gasteiger partial charge on any atom is 0.342 e. The van der Waals surface area contributed by atoms with E-state index >= 15 is 0 Å². The van der Waals surface area contributed by atoms with E-state index in [4.69, 9.17) is 22.7 Å². The van der Waals surface area contributed by atoms with Crippen molar-refractivity contribution in [2.45, 2.75) is 0 Å². The zero-order chi connectivity index (χ0) is 11.5. The predicted molar refractivity (Wildman–Crippen MR) is 59.0 cm³/mol. The average Bonchev–Trinajstić information content (AvgIpc) is 2.64. The fraction of sp³-hybridized carbons (Fsp3) is 0.125. The van der Waals surface area contributed by atoms with Crippen LogP contribution in [0.4, 0.5) is 0 Å². The van der Waals surface area contributed by atoms with E-state index in [1.165, 1.54) is 23.4 Å². The highest BCUT2D eigenvalue weighted by Gasteiger charge is 2.11. The van der Waals surface area contributed by atoms with Gasteiger partial charge in [-0.25, -0.2) is 9.97 Å². The number of aromatic nitrogens is 5. The summed E-state index contributed by atoms with van der Waals surface area (Å²) in [4.78, 5) is 11.9. The molecule has 0 amide bonds. The first-order valence-electron chi connectivity index (χ1n) is 4.31. The van der Waals surface area contributed by atoms with Gasteiger partial charge in [0.2, 0.25) is 0 Å². The number of nitrogens with zero attached hydrogens (tertiary/aromatic N) is 5. The summed E-state index contributed by atoms with van der Waals surface area (Å²) in [6.45, 7) is 0. The molecule has 8 heteroatoms. The lowest BCUT2D eigenvalue weighted by molar-refractivity contribution is 0.419. The number of nitrogens with two attached hydrogens (primary N) is 1. The number of aryl methyl sites for hydroxylation is 1. The van der Waals surface area contributed by atoms with E-state index in [9.17, 15) is 0 Å². The molecular weight excluding hydrogens is 228 g/mol. The average molecular weight is 236 g/mol. The highest BCUT2D eigenvalue weighted by atomic mass is 32.1. The van der Waals surface area contributed by atoms with Crippen LogP contribution in [-0.4, -0.2) is 29.7 Å². The summed E-state index contributed by atoms with van der Waals surface area (Å²) in [6.07, 6.45) is 4.46. The van der Waals surface area contributed by atoms with Gasteiger partial charge in [-0.1, -0.05) is 12.2 Å². The normalized spacial score (nSPS) is 10.1. The number of hydrogen-bond donors (Lipinski definition) is 1. The minimum Gasteiger partial charge on any atom is -0.402 e. The second-order valence-corrected chi connectivity index (χ2v) is 3.32. The van der Waals surface area contributed by atoms with Crippen LogP contribution in [0.25, 0.3) is 0 Å². The van der Waals surface area contributed by atoms with Crippen LogP contribution < -0.4 is 10.5 Å². The van der Waals surface area contributed by atoms with Crippen LogP contribution in [0.15, 0.2) is 18.7 Å². The Kier molecular flexibility index (Phi) is 2.73. The molecule has 2 aromatic rings. The highest BCUT2D eigenvalue weighted by molar-refractivity contribution is 7.80. The molecule has 16 heavy (non-hydrogen) atoms. The molecule has 0 fully saturated rings. The molecular formula is C8H8N6OS. The smallest absolute Gasteiger partial charge is 0.342 e. The molecule has 7 nitrogen and oxygen atoms in total. The van der Waals surface area contributed by atoms with Gasteiger partial charge in [0, 0.05) is 19.4 Å². The zero-order valence-electron chi connectivity index (χ0n) is 8.36. The maximum atomic E-state index is 5.48. The number of hydrogen-bond acceptors (Lipinski definition) is 6. The summed E-state index contributed by atoms with van der Waals surface area (Å²) in [5.41, 5.74) is 5.79. The van der Waals surface area contributed by atoms with Gasteiger partial charge in [-0.15, -0.1) is 5.10 Å². The lowest BCUT2D eigenvalue weighted by atomic mass is 10.4. The van der Waals surface area contributed by atoms with Crippen molar-refractivity contribution in [3.63, 3.8) is 0 Å². The Hall–Kier alpha value is -2.09. The summed E-state index contributed by atoms with van der Waals surface area (Å²) < 4.78 is 6.81. The first-order valence-corrected chi connectivity index (χ1v) is 4.72. The van der Waals surface area contributed by atoms with Crippen LogP contribution in [0, 0.1) is 0 Å². The van der Waals surface area contributed by atoms with Gasteiger partial charge in [-0.2, -0.15) is 4.98 Å². The van der Waals surface area contributed by atoms with Crippen LogP contribution in [0.5, 0.6) is 11.9 Å². The van der Waals surface area contributed by atoms with E-state index in [0.29, 0.717) is 5.69 Å². The van der Waals surface area contributed by atoms with Crippen LogP contribution in [0.3, 0.4) is 0 Å². The molecule has 0 spiro atoms. The van der Waals surface area contributed by atoms with Gasteiger partial charge in [-0.3, -0.25) is 4.68 Å². The van der Waals surface area contributed by atoms with Gasteiger partial charge in [-0.05, 0) is 0 Å². The largest absolute Gasteiger partial charge is 0.402 e. The van der Waals surface area contributed by atoms with E-state index in [2.05, 4.69) is 20.1 Å². The molecule has 0 aliphatic rings. The predicted octanol–water partition coefficient (Wildman–Crippen LogP) is 0.0316. The van der Waals surface area contributed by atoms with Crippen molar-refractivity contribution in [2.24, 2.45) is 12.8 Å². The van der Waals surface area contributed by atoms with Gasteiger partial charge in [0.05, 0.1) is 0 Å². The Morgan fingerprint density at radius 2 is 2.12 bits per heavy atom. The molecule has 0 unspecified atom stereocenters. The molecule has 2 N–H and O–H groups in total. The van der Waals surface area contributed by atoms with Crippen LogP contribution in [-0.2, 0) is 7.05 Å². The molecule has 0 aliphatic carbocycles. The van der Waals surface area contributed by atoms with Crippen molar-refractivity contribution in [1.82, 2.24) is 24.7 Å². The van der Waals surface area contributed by atoms with Crippen LogP contribution in [0.1, 0.15) is 5.69 Å². The molecule has 2 rings (SSSR count). The molecule has 0 radical (unpaired) electrons. The second-order valence-electron chi connectivity index (χ2n) is 2.88. The van der Waals surface area contributed by atoms with E-state index in [-0.39, 0.29) is 16.9 Å². The van der Waals surface area contributed by atoms with Gasteiger partial charge >= 0.3 is 6.01 Å². The Morgan fingerprint density at radius 1 is 1.38 bits per heavy atom. The summed E-state index contributed by atoms with van der Waals surface area (Å²) in [7, 11) is 1.73. The van der Waals surface area contributed by atoms with Crippen LogP contribution >= 0.6 is 12.2 Å². The van der Waals surface area contributed by atoms with Crippen molar-refractivity contribution < 1.29 is 4.74 Å². The second kappa shape index (κ2) is 4.19. The van der Waals surface area contributed by atoms with Gasteiger partial charge in [0.15, 0.2) is 5.69 Å². The van der Waals surface area contributed by atoms with E-state index < -0.39 is 0 Å². The maximum absolute atomic E-state index is 5.48. The van der Waals surface area contributed by atoms with Crippen LogP contribution in [0.2, 0.25) is 0 Å². The standard InChI is InChI=1S/C8H8N6OS/c1-14-4-12-8(13-14)15-7-5(6(9)16)10-2-3-11-7/h2-4H,1H3,(H2,9,16). The Balaban J connectivity index is 2.31. The van der Waals surface area contributed by atoms with E-state index in [0.717, 1.165) is 0 Å². The van der Waals surface area contributed by atoms with Gasteiger partial charge < -0.3 is 10.5 Å². The fourth-order valence-corrected chi connectivity index (χ4v) is 1.16. The van der Waals surface area contributed by atoms with Crippen molar-refractivity contribution in [3.05, 3.63) is 24.4 Å². The lowest BCUT2D eigenvalue weighted by Crippen LogP contribution is -2.13. The number of rotatable bonds is 3. The fourth-order valence-electron chi connectivity index (χ4n) is 1.02. The molecule has 0 aromatic carbocycles.